The van der Waals surface area contributed by atoms with E-state index in [9.17, 15) is 0 Å². The molecule has 0 aromatic carbocycles. The molecule has 0 unspecified atom stereocenters. The van der Waals surface area contributed by atoms with Crippen molar-refractivity contribution < 1.29 is 0 Å². The van der Waals surface area contributed by atoms with Gasteiger partial charge in [-0.2, -0.15) is 11.8 Å². The molecule has 80 valence electrons. The molecule has 1 rings (SSSR count). The number of thioether (sulfide) groups is 1. The summed E-state index contributed by atoms with van der Waals surface area (Å²) in [6, 6.07) is 4.33. The second kappa shape index (κ2) is 6.96. The van der Waals surface area contributed by atoms with Crippen molar-refractivity contribution in [2.45, 2.75) is 26.4 Å². The maximum Gasteiger partial charge on any atom is 0.0359 e. The summed E-state index contributed by atoms with van der Waals surface area (Å²) in [5, 5.41) is 3.43. The Bertz CT molecular complexity index is 245. The SMILES string of the molecule is CCCNCc1cccn1CCSC. The van der Waals surface area contributed by atoms with Crippen molar-refractivity contribution in [2.75, 3.05) is 18.6 Å². The normalized spacial score (nSPS) is 10.7. The lowest BCUT2D eigenvalue weighted by molar-refractivity contribution is 0.625. The number of hydrogen-bond donors (Lipinski definition) is 1. The van der Waals surface area contributed by atoms with E-state index in [1.807, 2.05) is 11.8 Å². The van der Waals surface area contributed by atoms with Crippen molar-refractivity contribution in [1.82, 2.24) is 9.88 Å². The van der Waals surface area contributed by atoms with Crippen molar-refractivity contribution in [3.63, 3.8) is 0 Å². The largest absolute Gasteiger partial charge is 0.349 e. The maximum absolute atomic E-state index is 3.43. The van der Waals surface area contributed by atoms with Gasteiger partial charge in [0.1, 0.15) is 0 Å². The van der Waals surface area contributed by atoms with E-state index in [4.69, 9.17) is 0 Å². The first-order chi connectivity index (χ1) is 6.88. The zero-order chi connectivity index (χ0) is 10.2. The Morgan fingerprint density at radius 2 is 2.36 bits per heavy atom. The summed E-state index contributed by atoms with van der Waals surface area (Å²) >= 11 is 1.90. The molecule has 1 heterocycles. The minimum atomic E-state index is 0.995. The average molecular weight is 212 g/mol. The Labute approximate surface area is 91.1 Å². The number of aromatic nitrogens is 1. The highest BCUT2D eigenvalue weighted by atomic mass is 32.2. The van der Waals surface area contributed by atoms with Gasteiger partial charge in [-0.3, -0.25) is 0 Å². The molecule has 0 atom stereocenters. The monoisotopic (exact) mass is 212 g/mol. The summed E-state index contributed by atoms with van der Waals surface area (Å²) in [5.41, 5.74) is 1.40. The van der Waals surface area contributed by atoms with Crippen molar-refractivity contribution in [3.05, 3.63) is 24.0 Å². The number of nitrogens with one attached hydrogen (secondary N) is 1. The van der Waals surface area contributed by atoms with Gasteiger partial charge in [0, 0.05) is 30.7 Å². The zero-order valence-corrected chi connectivity index (χ0v) is 9.94. The summed E-state index contributed by atoms with van der Waals surface area (Å²) in [5.74, 6) is 1.19. The van der Waals surface area contributed by atoms with Gasteiger partial charge in [-0.15, -0.1) is 0 Å². The van der Waals surface area contributed by atoms with Crippen LogP contribution >= 0.6 is 11.8 Å². The van der Waals surface area contributed by atoms with Crippen molar-refractivity contribution >= 4 is 11.8 Å². The molecular formula is C11H20N2S. The standard InChI is InChI=1S/C11H20N2S/c1-3-6-12-10-11-5-4-7-13(11)8-9-14-2/h4-5,7,12H,3,6,8-10H2,1-2H3. The fourth-order valence-corrected chi connectivity index (χ4v) is 1.79. The Balaban J connectivity index is 2.37. The Morgan fingerprint density at radius 3 is 3.07 bits per heavy atom. The first-order valence-corrected chi connectivity index (χ1v) is 6.61. The molecule has 0 amide bonds. The first kappa shape index (κ1) is 11.7. The highest BCUT2D eigenvalue weighted by Crippen LogP contribution is 2.04. The van der Waals surface area contributed by atoms with E-state index in [1.165, 1.54) is 17.9 Å². The van der Waals surface area contributed by atoms with E-state index in [2.05, 4.69) is 41.4 Å². The van der Waals surface area contributed by atoms with Gasteiger partial charge in [0.2, 0.25) is 0 Å². The van der Waals surface area contributed by atoms with Crippen LogP contribution in [0.25, 0.3) is 0 Å². The summed E-state index contributed by atoms with van der Waals surface area (Å²) < 4.78 is 2.33. The highest BCUT2D eigenvalue weighted by Gasteiger charge is 1.98. The molecule has 0 spiro atoms. The Hall–Kier alpha value is -0.410. The van der Waals surface area contributed by atoms with E-state index in [1.54, 1.807) is 0 Å². The molecule has 3 heteroatoms. The molecule has 14 heavy (non-hydrogen) atoms. The molecule has 1 aromatic rings. The van der Waals surface area contributed by atoms with Crippen LogP contribution in [0.4, 0.5) is 0 Å². The quantitative estimate of drug-likeness (QED) is 0.699. The first-order valence-electron chi connectivity index (χ1n) is 5.22. The van der Waals surface area contributed by atoms with Crippen molar-refractivity contribution in [2.24, 2.45) is 0 Å². The Morgan fingerprint density at radius 1 is 1.50 bits per heavy atom. The topological polar surface area (TPSA) is 17.0 Å². The fourth-order valence-electron chi connectivity index (χ4n) is 1.41. The van der Waals surface area contributed by atoms with Gasteiger partial charge in [-0.1, -0.05) is 6.92 Å². The van der Waals surface area contributed by atoms with E-state index < -0.39 is 0 Å². The summed E-state index contributed by atoms with van der Waals surface area (Å²) in [6.07, 6.45) is 5.52. The molecule has 0 bridgehead atoms. The molecule has 0 radical (unpaired) electrons. The lowest BCUT2D eigenvalue weighted by Gasteiger charge is -2.08. The predicted octanol–water partition coefficient (Wildman–Crippen LogP) is 2.35. The van der Waals surface area contributed by atoms with Crippen LogP contribution in [0.5, 0.6) is 0 Å². The number of nitrogens with zero attached hydrogens (tertiary/aromatic N) is 1. The molecule has 0 saturated heterocycles. The highest BCUT2D eigenvalue weighted by molar-refractivity contribution is 7.98. The summed E-state index contributed by atoms with van der Waals surface area (Å²) in [7, 11) is 0. The van der Waals surface area contributed by atoms with Crippen LogP contribution < -0.4 is 5.32 Å². The van der Waals surface area contributed by atoms with Crippen LogP contribution in [0.2, 0.25) is 0 Å². The third-order valence-electron chi connectivity index (χ3n) is 2.19. The number of aryl methyl sites for hydroxylation is 1. The van der Waals surface area contributed by atoms with E-state index in [-0.39, 0.29) is 0 Å². The van der Waals surface area contributed by atoms with Gasteiger partial charge in [0.15, 0.2) is 0 Å². The second-order valence-corrected chi connectivity index (χ2v) is 4.35. The third kappa shape index (κ3) is 3.76. The van der Waals surface area contributed by atoms with Gasteiger partial charge in [-0.05, 0) is 31.4 Å². The second-order valence-electron chi connectivity index (χ2n) is 3.36. The number of rotatable bonds is 7. The molecule has 1 N–H and O–H groups in total. The van der Waals surface area contributed by atoms with E-state index in [0.717, 1.165) is 19.6 Å². The van der Waals surface area contributed by atoms with Gasteiger partial charge in [-0.25, -0.2) is 0 Å². The third-order valence-corrected chi connectivity index (χ3v) is 2.78. The molecule has 0 aliphatic carbocycles. The molecule has 2 nitrogen and oxygen atoms in total. The maximum atomic E-state index is 3.43. The Kier molecular flexibility index (Phi) is 5.80. The minimum Gasteiger partial charge on any atom is -0.349 e. The van der Waals surface area contributed by atoms with Crippen LogP contribution in [0.15, 0.2) is 18.3 Å². The molecule has 0 fully saturated rings. The predicted molar refractivity (Wildman–Crippen MR) is 64.8 cm³/mol. The molecule has 0 aliphatic heterocycles. The molecule has 0 aliphatic rings. The smallest absolute Gasteiger partial charge is 0.0359 e. The fraction of sp³-hybridized carbons (Fsp3) is 0.636. The van der Waals surface area contributed by atoms with Crippen LogP contribution in [0.3, 0.4) is 0 Å². The van der Waals surface area contributed by atoms with Crippen molar-refractivity contribution in [1.29, 1.82) is 0 Å². The van der Waals surface area contributed by atoms with Crippen LogP contribution in [-0.2, 0) is 13.1 Å². The summed E-state index contributed by atoms with van der Waals surface area (Å²) in [4.78, 5) is 0. The molecule has 0 saturated carbocycles. The lowest BCUT2D eigenvalue weighted by Crippen LogP contribution is -2.17. The van der Waals surface area contributed by atoms with Gasteiger partial charge in [0.05, 0.1) is 0 Å². The van der Waals surface area contributed by atoms with Crippen molar-refractivity contribution in [3.8, 4) is 0 Å². The van der Waals surface area contributed by atoms with Crippen LogP contribution in [0, 0.1) is 0 Å². The van der Waals surface area contributed by atoms with Crippen LogP contribution in [-0.4, -0.2) is 23.1 Å². The van der Waals surface area contributed by atoms with Gasteiger partial charge in [0.25, 0.3) is 0 Å². The average Bonchev–Trinajstić information content (AvgIpc) is 2.63. The van der Waals surface area contributed by atoms with Crippen LogP contribution in [0.1, 0.15) is 19.0 Å². The molecule has 1 aromatic heterocycles. The minimum absolute atomic E-state index is 0.995. The zero-order valence-electron chi connectivity index (χ0n) is 9.12. The number of hydrogen-bond acceptors (Lipinski definition) is 2. The summed E-state index contributed by atoms with van der Waals surface area (Å²) in [6.45, 7) is 5.42. The van der Waals surface area contributed by atoms with E-state index >= 15 is 0 Å². The molecular weight excluding hydrogens is 192 g/mol. The van der Waals surface area contributed by atoms with E-state index in [0.29, 0.717) is 0 Å². The van der Waals surface area contributed by atoms with Gasteiger partial charge < -0.3 is 9.88 Å². The lowest BCUT2D eigenvalue weighted by atomic mass is 10.4. The van der Waals surface area contributed by atoms with Gasteiger partial charge >= 0.3 is 0 Å².